The number of rotatable bonds is 13. The number of hydrogen-bond acceptors (Lipinski definition) is 12. The number of benzene rings is 1. The summed E-state index contributed by atoms with van der Waals surface area (Å²) >= 11 is 0. The second kappa shape index (κ2) is 15.7. The number of nitrogens with one attached hydrogen (secondary N) is 3. The van der Waals surface area contributed by atoms with Crippen LogP contribution < -0.4 is 38.5 Å². The highest BCUT2D eigenvalue weighted by molar-refractivity contribution is 5.96. The second-order valence-corrected chi connectivity index (χ2v) is 8.85. The monoisotopic (exact) mass is 556 g/mol. The van der Waals surface area contributed by atoms with E-state index in [4.69, 9.17) is 22.3 Å². The molecule has 0 aliphatic carbocycles. The van der Waals surface area contributed by atoms with E-state index in [1.165, 1.54) is 37.6 Å². The fourth-order valence-corrected chi connectivity index (χ4v) is 3.38. The van der Waals surface area contributed by atoms with E-state index in [1.54, 1.807) is 12.1 Å². The van der Waals surface area contributed by atoms with Gasteiger partial charge in [-0.25, -0.2) is 14.8 Å². The number of amides is 1. The molecular formula is C25H34N9O6-. The molecule has 0 aliphatic heterocycles. The molecule has 3 rings (SSSR count). The number of unbranched alkanes of at least 4 members (excludes halogenated alkanes) is 2. The number of carbonyl (C=O) groups is 3. The van der Waals surface area contributed by atoms with Crippen molar-refractivity contribution in [2.24, 2.45) is 11.5 Å². The number of carboxylic acid groups (broad SMARTS) is 2. The maximum atomic E-state index is 12.3. The minimum atomic E-state index is -1.40. The van der Waals surface area contributed by atoms with Gasteiger partial charge in [0.2, 0.25) is 5.95 Å². The second-order valence-electron chi connectivity index (χ2n) is 8.85. The molecular weight excluding hydrogens is 522 g/mol. The van der Waals surface area contributed by atoms with Crippen LogP contribution in [0.1, 0.15) is 61.5 Å². The average molecular weight is 557 g/mol. The van der Waals surface area contributed by atoms with Crippen LogP contribution in [0.4, 0.5) is 11.6 Å². The molecule has 216 valence electrons. The molecule has 1 aromatic carbocycles. The SMILES string of the molecule is CCCCCC(N)N.Nc1nc2ncc(CNc3ccc(C(=O)N[C@@H](CCC(=O)[O-])C(=O)O)cc3)nc2c(=O)[nH]1. The Morgan fingerprint density at radius 3 is 2.40 bits per heavy atom. The third-order valence-electron chi connectivity index (χ3n) is 5.49. The van der Waals surface area contributed by atoms with E-state index in [2.05, 4.69) is 37.5 Å². The van der Waals surface area contributed by atoms with Gasteiger partial charge in [0.25, 0.3) is 11.5 Å². The molecule has 0 saturated carbocycles. The van der Waals surface area contributed by atoms with Gasteiger partial charge in [-0.1, -0.05) is 26.2 Å². The summed E-state index contributed by atoms with van der Waals surface area (Å²) < 4.78 is 0. The number of hydrogen-bond donors (Lipinski definition) is 7. The summed E-state index contributed by atoms with van der Waals surface area (Å²) in [4.78, 5) is 60.4. The van der Waals surface area contributed by atoms with Gasteiger partial charge in [-0.05, 0) is 43.5 Å². The molecule has 0 aliphatic rings. The van der Waals surface area contributed by atoms with Crippen molar-refractivity contribution in [2.75, 3.05) is 11.1 Å². The molecule has 0 saturated heterocycles. The molecule has 15 heteroatoms. The zero-order valence-electron chi connectivity index (χ0n) is 22.1. The maximum absolute atomic E-state index is 12.3. The van der Waals surface area contributed by atoms with Crippen LogP contribution in [0.5, 0.6) is 0 Å². The fraction of sp³-hybridized carbons (Fsp3) is 0.400. The van der Waals surface area contributed by atoms with Gasteiger partial charge in [-0.2, -0.15) is 4.98 Å². The molecule has 2 aromatic heterocycles. The molecule has 1 atom stereocenters. The summed E-state index contributed by atoms with van der Waals surface area (Å²) in [5.74, 6) is -3.46. The summed E-state index contributed by atoms with van der Waals surface area (Å²) in [5, 5.41) is 25.0. The summed E-state index contributed by atoms with van der Waals surface area (Å²) in [5.41, 5.74) is 17.1. The Hall–Kier alpha value is -4.63. The Morgan fingerprint density at radius 2 is 1.80 bits per heavy atom. The van der Waals surface area contributed by atoms with Gasteiger partial charge in [0.05, 0.1) is 24.6 Å². The highest BCUT2D eigenvalue weighted by Gasteiger charge is 2.20. The lowest BCUT2D eigenvalue weighted by molar-refractivity contribution is -0.305. The number of anilines is 2. The summed E-state index contributed by atoms with van der Waals surface area (Å²) in [7, 11) is 0. The van der Waals surface area contributed by atoms with E-state index in [9.17, 15) is 24.3 Å². The highest BCUT2D eigenvalue weighted by atomic mass is 16.4. The van der Waals surface area contributed by atoms with Gasteiger partial charge < -0.3 is 42.8 Å². The zero-order valence-corrected chi connectivity index (χ0v) is 22.1. The normalized spacial score (nSPS) is 11.4. The topological polar surface area (TPSA) is 268 Å². The molecule has 3 aromatic rings. The van der Waals surface area contributed by atoms with Gasteiger partial charge in [0, 0.05) is 17.2 Å². The molecule has 0 radical (unpaired) electrons. The van der Waals surface area contributed by atoms with Crippen molar-refractivity contribution in [3.05, 3.63) is 52.1 Å². The first-order chi connectivity index (χ1) is 19.0. The lowest BCUT2D eigenvalue weighted by atomic mass is 10.1. The predicted octanol–water partition coefficient (Wildman–Crippen LogP) is -0.569. The maximum Gasteiger partial charge on any atom is 0.326 e. The smallest absolute Gasteiger partial charge is 0.326 e. The number of H-pyrrole nitrogens is 1. The van der Waals surface area contributed by atoms with E-state index < -0.39 is 35.9 Å². The van der Waals surface area contributed by atoms with Crippen LogP contribution in [-0.2, 0) is 16.1 Å². The first-order valence-corrected chi connectivity index (χ1v) is 12.6. The highest BCUT2D eigenvalue weighted by Crippen LogP contribution is 2.12. The Balaban J connectivity index is 0.000000611. The first-order valence-electron chi connectivity index (χ1n) is 12.6. The van der Waals surface area contributed by atoms with Crippen molar-refractivity contribution in [3.63, 3.8) is 0 Å². The van der Waals surface area contributed by atoms with Crippen LogP contribution in [0.3, 0.4) is 0 Å². The molecule has 1 amide bonds. The number of nitrogens with two attached hydrogens (primary N) is 3. The van der Waals surface area contributed by atoms with E-state index in [-0.39, 0.29) is 41.8 Å². The number of carbonyl (C=O) groups excluding carboxylic acids is 2. The van der Waals surface area contributed by atoms with Crippen molar-refractivity contribution in [3.8, 4) is 0 Å². The Kier molecular flexibility index (Phi) is 12.4. The number of nitrogens with zero attached hydrogens (tertiary/aromatic N) is 3. The van der Waals surface area contributed by atoms with Crippen molar-refractivity contribution in [1.82, 2.24) is 25.3 Å². The predicted molar refractivity (Wildman–Crippen MR) is 146 cm³/mol. The summed E-state index contributed by atoms with van der Waals surface area (Å²) in [6.45, 7) is 2.39. The third-order valence-corrected chi connectivity index (χ3v) is 5.49. The molecule has 0 bridgehead atoms. The van der Waals surface area contributed by atoms with Gasteiger partial charge in [0.1, 0.15) is 6.04 Å². The number of aromatic amines is 1. The van der Waals surface area contributed by atoms with Crippen molar-refractivity contribution in [1.29, 1.82) is 0 Å². The minimum Gasteiger partial charge on any atom is -0.550 e. The lowest BCUT2D eigenvalue weighted by Crippen LogP contribution is -2.41. The van der Waals surface area contributed by atoms with E-state index in [0.717, 1.165) is 6.42 Å². The Labute approximate surface area is 229 Å². The van der Waals surface area contributed by atoms with Crippen molar-refractivity contribution >= 4 is 40.6 Å². The van der Waals surface area contributed by atoms with E-state index in [0.29, 0.717) is 11.4 Å². The van der Waals surface area contributed by atoms with Crippen LogP contribution in [0.2, 0.25) is 0 Å². The van der Waals surface area contributed by atoms with Crippen molar-refractivity contribution in [2.45, 2.75) is 64.2 Å². The summed E-state index contributed by atoms with van der Waals surface area (Å²) in [6.07, 6.45) is 5.21. The van der Waals surface area contributed by atoms with Crippen LogP contribution in [0.15, 0.2) is 35.3 Å². The number of aromatic nitrogens is 4. The number of aliphatic carboxylic acids is 2. The number of fused-ring (bicyclic) bond motifs is 1. The van der Waals surface area contributed by atoms with Crippen LogP contribution >= 0.6 is 0 Å². The standard InChI is InChI=1S/C19H19N7O6.C6H16N2/c20-19-25-15-14(17(30)26-19)23-11(8-22-15)7-21-10-3-1-9(2-4-10)16(29)24-12(18(31)32)5-6-13(27)28;1-2-3-4-5-6(7)8/h1-4,8,12,21H,5-7H2,(H,24,29)(H,27,28)(H,31,32)(H3,20,22,25,26,30);6H,2-5,7-8H2,1H3/p-1/t12-;/m0./s1. The molecule has 15 nitrogen and oxygen atoms in total. The van der Waals surface area contributed by atoms with Crippen molar-refractivity contribution < 1.29 is 24.6 Å². The van der Waals surface area contributed by atoms with Gasteiger partial charge in [0.15, 0.2) is 11.2 Å². The number of carboxylic acids is 2. The lowest BCUT2D eigenvalue weighted by Gasteiger charge is -2.15. The number of nitrogen functional groups attached to an aromatic ring is 1. The first kappa shape index (κ1) is 31.6. The molecule has 2 heterocycles. The average Bonchev–Trinajstić information content (AvgIpc) is 2.90. The van der Waals surface area contributed by atoms with Gasteiger partial charge in [-0.15, -0.1) is 0 Å². The minimum absolute atomic E-state index is 0.0529. The molecule has 40 heavy (non-hydrogen) atoms. The van der Waals surface area contributed by atoms with Crippen LogP contribution in [-0.4, -0.2) is 55.1 Å². The van der Waals surface area contributed by atoms with Gasteiger partial charge >= 0.3 is 5.97 Å². The molecule has 0 spiro atoms. The zero-order chi connectivity index (χ0) is 29.7. The van der Waals surface area contributed by atoms with Crippen LogP contribution in [0, 0.1) is 0 Å². The quantitative estimate of drug-likeness (QED) is 0.103. The molecule has 10 N–H and O–H groups in total. The Bertz CT molecular complexity index is 1340. The molecule has 0 unspecified atom stereocenters. The Morgan fingerprint density at radius 1 is 1.10 bits per heavy atom. The van der Waals surface area contributed by atoms with Gasteiger partial charge in [-0.3, -0.25) is 14.6 Å². The fourth-order valence-electron chi connectivity index (χ4n) is 3.38. The van der Waals surface area contributed by atoms with E-state index >= 15 is 0 Å². The van der Waals surface area contributed by atoms with Crippen LogP contribution in [0.25, 0.3) is 11.2 Å². The molecule has 0 fully saturated rings. The van der Waals surface area contributed by atoms with E-state index in [1.807, 2.05) is 0 Å². The largest absolute Gasteiger partial charge is 0.550 e. The third kappa shape index (κ3) is 10.6. The summed E-state index contributed by atoms with van der Waals surface area (Å²) in [6, 6.07) is 4.78.